The highest BCUT2D eigenvalue weighted by atomic mass is 79.9. The van der Waals surface area contributed by atoms with Crippen LogP contribution in [0.5, 0.6) is 0 Å². The molecule has 0 unspecified atom stereocenters. The van der Waals surface area contributed by atoms with Crippen LogP contribution in [0.1, 0.15) is 5.56 Å². The highest BCUT2D eigenvalue weighted by Crippen LogP contribution is 2.56. The van der Waals surface area contributed by atoms with Gasteiger partial charge in [-0.3, -0.25) is 10.1 Å². The zero-order valence-corrected chi connectivity index (χ0v) is 22.1. The topological polar surface area (TPSA) is 69.4 Å². The Kier molecular flexibility index (Phi) is 9.29. The maximum atomic E-state index is 13.1. The van der Waals surface area contributed by atoms with Crippen LogP contribution in [0, 0.1) is 10.1 Å². The van der Waals surface area contributed by atoms with Crippen molar-refractivity contribution < 1.29 is 31.4 Å². The monoisotopic (exact) mass is 561 g/mol. The van der Waals surface area contributed by atoms with Gasteiger partial charge in [0.15, 0.2) is 0 Å². The van der Waals surface area contributed by atoms with Crippen LogP contribution in [0.25, 0.3) is 6.08 Å². The van der Waals surface area contributed by atoms with Gasteiger partial charge >= 0.3 is 5.97 Å². The second-order valence-electron chi connectivity index (χ2n) is 7.98. The minimum Gasteiger partial charge on any atom is -1.00 e. The Morgan fingerprint density at radius 1 is 0.778 bits per heavy atom. The van der Waals surface area contributed by atoms with Crippen molar-refractivity contribution in [3.05, 3.63) is 137 Å². The van der Waals surface area contributed by atoms with Crippen LogP contribution in [0.4, 0.5) is 5.69 Å². The van der Waals surface area contributed by atoms with Gasteiger partial charge in [-0.15, -0.1) is 0 Å². The van der Waals surface area contributed by atoms with Gasteiger partial charge in [0.1, 0.15) is 29.3 Å². The van der Waals surface area contributed by atoms with Crippen molar-refractivity contribution in [2.24, 2.45) is 0 Å². The van der Waals surface area contributed by atoms with E-state index < -0.39 is 18.2 Å². The van der Waals surface area contributed by atoms with Gasteiger partial charge in [0.2, 0.25) is 0 Å². The number of carbonyl (C=O) groups is 1. The third-order valence-corrected chi connectivity index (χ3v) is 10.2. The second kappa shape index (κ2) is 12.4. The van der Waals surface area contributed by atoms with Gasteiger partial charge in [-0.25, -0.2) is 4.79 Å². The number of ether oxygens (including phenoxy) is 1. The number of hydrogen-bond donors (Lipinski definition) is 0. The van der Waals surface area contributed by atoms with Crippen LogP contribution in [0.2, 0.25) is 0 Å². The van der Waals surface area contributed by atoms with E-state index in [1.165, 1.54) is 19.2 Å². The lowest BCUT2D eigenvalue weighted by molar-refractivity contribution is -0.384. The standard InChI is InChI=1S/C29H25NO4P.BrH/c1-34-29(31)24(21-23-17-19-25(20-18-23)30(32)33)22-35(26-11-5-2-6-12-26,27-13-7-3-8-14-27)28-15-9-4-10-16-28;/h2-21H,22H2,1H3;1H/q+1;/p-1/b24-21+;. The first-order chi connectivity index (χ1) is 17.0. The highest BCUT2D eigenvalue weighted by molar-refractivity contribution is 7.95. The van der Waals surface area contributed by atoms with E-state index in [1.54, 1.807) is 18.2 Å². The summed E-state index contributed by atoms with van der Waals surface area (Å²) < 4.78 is 5.20. The molecule has 0 fully saturated rings. The zero-order chi connectivity index (χ0) is 24.7. The molecule has 0 radical (unpaired) electrons. The van der Waals surface area contributed by atoms with E-state index in [0.717, 1.165) is 15.9 Å². The molecule has 0 saturated heterocycles. The molecule has 0 atom stereocenters. The molecule has 0 aliphatic heterocycles. The van der Waals surface area contributed by atoms with Crippen molar-refractivity contribution in [2.75, 3.05) is 13.3 Å². The fourth-order valence-corrected chi connectivity index (χ4v) is 8.43. The van der Waals surface area contributed by atoms with Crippen molar-refractivity contribution in [3.8, 4) is 0 Å². The average molecular weight is 562 g/mol. The van der Waals surface area contributed by atoms with Gasteiger partial charge in [0.25, 0.3) is 5.69 Å². The third-order valence-electron chi connectivity index (χ3n) is 5.89. The number of rotatable bonds is 8. The summed E-state index contributed by atoms with van der Waals surface area (Å²) >= 11 is 0. The number of nitro groups is 1. The molecule has 4 rings (SSSR count). The maximum absolute atomic E-state index is 13.1. The minimum absolute atomic E-state index is 0. The fourth-order valence-electron chi connectivity index (χ4n) is 4.22. The Labute approximate surface area is 221 Å². The summed E-state index contributed by atoms with van der Waals surface area (Å²) in [4.78, 5) is 23.7. The predicted octanol–water partition coefficient (Wildman–Crippen LogP) is 2.15. The Bertz CT molecular complexity index is 1230. The van der Waals surface area contributed by atoms with Gasteiger partial charge < -0.3 is 21.7 Å². The van der Waals surface area contributed by atoms with Crippen LogP contribution < -0.4 is 32.9 Å². The Hall–Kier alpha value is -3.60. The number of carbonyl (C=O) groups excluding carboxylic acids is 1. The number of benzene rings is 4. The number of nitrogens with zero attached hydrogens (tertiary/aromatic N) is 1. The highest BCUT2D eigenvalue weighted by Gasteiger charge is 2.47. The molecule has 0 bridgehead atoms. The molecule has 0 aliphatic carbocycles. The molecule has 182 valence electrons. The molecule has 0 spiro atoms. The minimum atomic E-state index is -2.32. The molecular weight excluding hydrogens is 537 g/mol. The molecule has 0 aliphatic rings. The first-order valence-corrected chi connectivity index (χ1v) is 13.1. The molecule has 0 N–H and O–H groups in total. The molecular formula is C29H25BrNO4P. The summed E-state index contributed by atoms with van der Waals surface area (Å²) in [5.41, 5.74) is 1.20. The molecule has 0 amide bonds. The SMILES string of the molecule is COC(=O)/C(=C/c1ccc([N+](=O)[O-])cc1)C[P+](c1ccccc1)(c1ccccc1)c1ccccc1.[Br-]. The van der Waals surface area contributed by atoms with Gasteiger partial charge in [0.05, 0.1) is 17.6 Å². The maximum Gasteiger partial charge on any atom is 0.337 e. The van der Waals surface area contributed by atoms with Crippen molar-refractivity contribution >= 4 is 40.9 Å². The number of nitro benzene ring substituents is 1. The zero-order valence-electron chi connectivity index (χ0n) is 19.7. The Morgan fingerprint density at radius 3 is 1.56 bits per heavy atom. The summed E-state index contributed by atoms with van der Waals surface area (Å²) in [6, 6.07) is 37.0. The molecule has 0 heterocycles. The molecule has 0 aromatic heterocycles. The van der Waals surface area contributed by atoms with Crippen molar-refractivity contribution in [3.63, 3.8) is 0 Å². The van der Waals surface area contributed by atoms with E-state index in [0.29, 0.717) is 17.3 Å². The molecule has 5 nitrogen and oxygen atoms in total. The van der Waals surface area contributed by atoms with Crippen LogP contribution in [-0.2, 0) is 9.53 Å². The fraction of sp³-hybridized carbons (Fsp3) is 0.0690. The predicted molar refractivity (Wildman–Crippen MR) is 143 cm³/mol. The van der Waals surface area contributed by atoms with Gasteiger partial charge in [-0.2, -0.15) is 0 Å². The first-order valence-electron chi connectivity index (χ1n) is 11.1. The molecule has 36 heavy (non-hydrogen) atoms. The van der Waals surface area contributed by atoms with E-state index in [9.17, 15) is 14.9 Å². The van der Waals surface area contributed by atoms with Gasteiger partial charge in [0, 0.05) is 12.1 Å². The summed E-state index contributed by atoms with van der Waals surface area (Å²) in [5.74, 6) is -0.421. The van der Waals surface area contributed by atoms with Gasteiger partial charge in [-0.05, 0) is 60.2 Å². The number of methoxy groups -OCH3 is 1. The lowest BCUT2D eigenvalue weighted by Gasteiger charge is -2.28. The van der Waals surface area contributed by atoms with Crippen molar-refractivity contribution in [2.45, 2.75) is 0 Å². The summed E-state index contributed by atoms with van der Waals surface area (Å²) in [6.45, 7) is 0. The smallest absolute Gasteiger partial charge is 0.337 e. The number of non-ortho nitro benzene ring substituents is 1. The van der Waals surface area contributed by atoms with E-state index in [-0.39, 0.29) is 22.7 Å². The van der Waals surface area contributed by atoms with Crippen molar-refractivity contribution in [1.82, 2.24) is 0 Å². The van der Waals surface area contributed by atoms with E-state index in [2.05, 4.69) is 36.4 Å². The normalized spacial score (nSPS) is 11.3. The molecule has 0 saturated carbocycles. The van der Waals surface area contributed by atoms with Gasteiger partial charge in [-0.1, -0.05) is 54.6 Å². The third kappa shape index (κ3) is 5.78. The average Bonchev–Trinajstić information content (AvgIpc) is 2.92. The van der Waals surface area contributed by atoms with Crippen LogP contribution in [0.15, 0.2) is 121 Å². The summed E-state index contributed by atoms with van der Waals surface area (Å²) in [6.07, 6.45) is 2.22. The quantitative estimate of drug-likeness (QED) is 0.109. The van der Waals surface area contributed by atoms with Crippen LogP contribution >= 0.6 is 7.26 Å². The van der Waals surface area contributed by atoms with E-state index >= 15 is 0 Å². The van der Waals surface area contributed by atoms with E-state index in [4.69, 9.17) is 4.74 Å². The molecule has 4 aromatic rings. The lowest BCUT2D eigenvalue weighted by atomic mass is 10.1. The number of hydrogen-bond acceptors (Lipinski definition) is 4. The second-order valence-corrected chi connectivity index (χ2v) is 11.5. The van der Waals surface area contributed by atoms with Crippen molar-refractivity contribution in [1.29, 1.82) is 0 Å². The first kappa shape index (κ1) is 27.0. The number of halogens is 1. The molecule has 4 aromatic carbocycles. The molecule has 7 heteroatoms. The Morgan fingerprint density at radius 2 is 1.19 bits per heavy atom. The summed E-state index contributed by atoms with van der Waals surface area (Å²) in [5, 5.41) is 14.5. The lowest BCUT2D eigenvalue weighted by Crippen LogP contribution is -3.00. The van der Waals surface area contributed by atoms with Crippen LogP contribution in [0.3, 0.4) is 0 Å². The summed E-state index contributed by atoms with van der Waals surface area (Å²) in [7, 11) is -0.941. The largest absolute Gasteiger partial charge is 1.00 e. The van der Waals surface area contributed by atoms with Crippen LogP contribution in [-0.4, -0.2) is 24.2 Å². The van der Waals surface area contributed by atoms with E-state index in [1.807, 2.05) is 54.6 Å². The number of esters is 1. The Balaban J connectivity index is 0.00000361.